The number of likely N-dealkylation sites (N-methyl/N-ethyl adjacent to an activating group) is 1. The number of carbonyl (C=O) groups excluding carboxylic acids is 2. The Bertz CT molecular complexity index is 950. The first-order valence-corrected chi connectivity index (χ1v) is 11.1. The third-order valence-corrected chi connectivity index (χ3v) is 6.33. The van der Waals surface area contributed by atoms with Gasteiger partial charge in [0.1, 0.15) is 11.5 Å². The molecule has 0 aromatic heterocycles. The first kappa shape index (κ1) is 23.7. The van der Waals surface area contributed by atoms with Crippen molar-refractivity contribution in [1.29, 1.82) is 0 Å². The maximum atomic E-state index is 13.7. The SMILES string of the molecule is CCOC(=O)O[C@@H]1C(=O)N(CCN(C)C)c2ccc(O)cc2S[C@@H]1c1ccc(OC)cc1. The average Bonchev–Trinajstić information content (AvgIpc) is 2.87. The minimum atomic E-state index is -1.12. The van der Waals surface area contributed by atoms with E-state index in [4.69, 9.17) is 14.2 Å². The van der Waals surface area contributed by atoms with E-state index in [-0.39, 0.29) is 18.3 Å². The summed E-state index contributed by atoms with van der Waals surface area (Å²) in [7, 11) is 5.41. The number of amides is 1. The van der Waals surface area contributed by atoms with Crippen LogP contribution in [0.15, 0.2) is 47.4 Å². The lowest BCUT2D eigenvalue weighted by atomic mass is 10.1. The van der Waals surface area contributed by atoms with E-state index in [1.165, 1.54) is 11.8 Å². The van der Waals surface area contributed by atoms with Gasteiger partial charge >= 0.3 is 6.16 Å². The number of phenols is 1. The van der Waals surface area contributed by atoms with Crippen LogP contribution in [0.4, 0.5) is 10.5 Å². The second-order valence-electron chi connectivity index (χ2n) is 7.48. The molecule has 2 aromatic rings. The van der Waals surface area contributed by atoms with Crippen molar-refractivity contribution in [3.8, 4) is 11.5 Å². The normalized spacial score (nSPS) is 18.2. The molecule has 0 bridgehead atoms. The van der Waals surface area contributed by atoms with E-state index in [0.29, 0.717) is 29.4 Å². The second-order valence-corrected chi connectivity index (χ2v) is 8.66. The van der Waals surface area contributed by atoms with Crippen LogP contribution in [0.2, 0.25) is 0 Å². The zero-order chi connectivity index (χ0) is 23.3. The molecule has 9 heteroatoms. The average molecular weight is 461 g/mol. The van der Waals surface area contributed by atoms with Gasteiger partial charge in [-0.3, -0.25) is 4.79 Å². The molecular weight excluding hydrogens is 432 g/mol. The molecule has 3 rings (SSSR count). The van der Waals surface area contributed by atoms with Gasteiger partial charge in [-0.05, 0) is 56.9 Å². The number of ether oxygens (including phenoxy) is 3. The summed E-state index contributed by atoms with van der Waals surface area (Å²) in [6.07, 6.45) is -2.02. The largest absolute Gasteiger partial charge is 0.509 e. The second kappa shape index (κ2) is 10.6. The number of nitrogens with zero attached hydrogens (tertiary/aromatic N) is 2. The fourth-order valence-corrected chi connectivity index (χ4v) is 4.71. The number of benzene rings is 2. The molecule has 0 unspecified atom stereocenters. The molecule has 32 heavy (non-hydrogen) atoms. The molecule has 0 spiro atoms. The minimum absolute atomic E-state index is 0.0921. The van der Waals surface area contributed by atoms with Crippen LogP contribution in [-0.4, -0.2) is 69.1 Å². The van der Waals surface area contributed by atoms with Gasteiger partial charge in [0.15, 0.2) is 0 Å². The smallest absolute Gasteiger partial charge is 0.508 e. The Balaban J connectivity index is 2.08. The lowest BCUT2D eigenvalue weighted by Gasteiger charge is -2.28. The van der Waals surface area contributed by atoms with Gasteiger partial charge in [0.05, 0.1) is 24.7 Å². The zero-order valence-electron chi connectivity index (χ0n) is 18.6. The van der Waals surface area contributed by atoms with Crippen LogP contribution in [0.25, 0.3) is 0 Å². The molecule has 0 saturated heterocycles. The Morgan fingerprint density at radius 3 is 2.53 bits per heavy atom. The van der Waals surface area contributed by atoms with Crippen LogP contribution in [0.5, 0.6) is 11.5 Å². The molecule has 0 radical (unpaired) electrons. The molecule has 1 heterocycles. The number of hydrogen-bond acceptors (Lipinski definition) is 8. The van der Waals surface area contributed by atoms with Gasteiger partial charge in [-0.15, -0.1) is 11.8 Å². The Labute approximate surface area is 192 Å². The van der Waals surface area contributed by atoms with Crippen molar-refractivity contribution in [3.05, 3.63) is 48.0 Å². The Morgan fingerprint density at radius 1 is 1.19 bits per heavy atom. The summed E-state index contributed by atoms with van der Waals surface area (Å²) in [4.78, 5) is 30.3. The van der Waals surface area contributed by atoms with E-state index in [2.05, 4.69) is 0 Å². The molecule has 1 aliphatic rings. The Morgan fingerprint density at radius 2 is 1.91 bits per heavy atom. The van der Waals surface area contributed by atoms with Crippen molar-refractivity contribution in [3.63, 3.8) is 0 Å². The lowest BCUT2D eigenvalue weighted by molar-refractivity contribution is -0.128. The van der Waals surface area contributed by atoms with Gasteiger partial charge in [0.25, 0.3) is 5.91 Å². The van der Waals surface area contributed by atoms with Crippen LogP contribution in [-0.2, 0) is 14.3 Å². The standard InChI is InChI=1S/C23H28N2O6S/c1-5-30-23(28)31-20-21(15-6-9-17(29-4)10-7-15)32-19-14-16(26)8-11-18(19)25(22(20)27)13-12-24(2)3/h6-11,14,20-21,26H,5,12-13H2,1-4H3/t20-,21+/m0/s1. The molecule has 0 aliphatic carbocycles. The van der Waals surface area contributed by atoms with Crippen molar-refractivity contribution in [1.82, 2.24) is 4.90 Å². The monoisotopic (exact) mass is 460 g/mol. The number of carbonyl (C=O) groups is 2. The predicted octanol–water partition coefficient (Wildman–Crippen LogP) is 3.68. The number of aromatic hydroxyl groups is 1. The van der Waals surface area contributed by atoms with Crippen LogP contribution < -0.4 is 9.64 Å². The molecular formula is C23H28N2O6S. The predicted molar refractivity (Wildman–Crippen MR) is 123 cm³/mol. The number of hydrogen-bond donors (Lipinski definition) is 1. The van der Waals surface area contributed by atoms with E-state index in [0.717, 1.165) is 5.56 Å². The molecule has 0 saturated carbocycles. The molecule has 2 atom stereocenters. The molecule has 1 aliphatic heterocycles. The van der Waals surface area contributed by atoms with Crippen LogP contribution in [0.1, 0.15) is 17.7 Å². The van der Waals surface area contributed by atoms with Gasteiger partial charge < -0.3 is 29.1 Å². The molecule has 1 N–H and O–H groups in total. The highest BCUT2D eigenvalue weighted by atomic mass is 32.2. The quantitative estimate of drug-likeness (QED) is 0.626. The number of rotatable bonds is 7. The molecule has 1 amide bonds. The summed E-state index contributed by atoms with van der Waals surface area (Å²) in [5, 5.41) is 9.56. The van der Waals surface area contributed by atoms with Gasteiger partial charge in [-0.2, -0.15) is 0 Å². The summed E-state index contributed by atoms with van der Waals surface area (Å²) in [5.41, 5.74) is 1.44. The first-order valence-electron chi connectivity index (χ1n) is 10.3. The minimum Gasteiger partial charge on any atom is -0.508 e. The molecule has 172 valence electrons. The lowest BCUT2D eigenvalue weighted by Crippen LogP contribution is -2.45. The van der Waals surface area contributed by atoms with Crippen molar-refractivity contribution in [2.24, 2.45) is 0 Å². The highest BCUT2D eigenvalue weighted by Crippen LogP contribution is 2.48. The summed E-state index contributed by atoms with van der Waals surface area (Å²) in [5.74, 6) is 0.416. The topological polar surface area (TPSA) is 88.5 Å². The van der Waals surface area contributed by atoms with Crippen molar-refractivity contribution >= 4 is 29.5 Å². The number of fused-ring (bicyclic) bond motifs is 1. The van der Waals surface area contributed by atoms with Crippen molar-refractivity contribution in [2.75, 3.05) is 45.8 Å². The maximum absolute atomic E-state index is 13.7. The summed E-state index contributed by atoms with van der Waals surface area (Å²) >= 11 is 1.36. The van der Waals surface area contributed by atoms with E-state index < -0.39 is 17.5 Å². The zero-order valence-corrected chi connectivity index (χ0v) is 19.4. The number of thioether (sulfide) groups is 1. The van der Waals surface area contributed by atoms with E-state index in [1.807, 2.05) is 31.1 Å². The molecule has 8 nitrogen and oxygen atoms in total. The third kappa shape index (κ3) is 5.46. The summed E-state index contributed by atoms with van der Waals surface area (Å²) < 4.78 is 15.8. The van der Waals surface area contributed by atoms with E-state index in [9.17, 15) is 14.7 Å². The first-order chi connectivity index (χ1) is 15.3. The van der Waals surface area contributed by atoms with Crippen molar-refractivity contribution < 1.29 is 28.9 Å². The fourth-order valence-electron chi connectivity index (χ4n) is 3.36. The highest BCUT2D eigenvalue weighted by Gasteiger charge is 2.41. The van der Waals surface area contributed by atoms with Gasteiger partial charge in [0, 0.05) is 18.0 Å². The Kier molecular flexibility index (Phi) is 7.87. The molecule has 0 fully saturated rings. The van der Waals surface area contributed by atoms with Gasteiger partial charge in [-0.1, -0.05) is 12.1 Å². The van der Waals surface area contributed by atoms with E-state index >= 15 is 0 Å². The number of methoxy groups -OCH3 is 1. The van der Waals surface area contributed by atoms with Crippen LogP contribution in [0, 0.1) is 0 Å². The fraction of sp³-hybridized carbons (Fsp3) is 0.391. The maximum Gasteiger partial charge on any atom is 0.509 e. The number of anilines is 1. The van der Waals surface area contributed by atoms with Gasteiger partial charge in [-0.25, -0.2) is 4.79 Å². The van der Waals surface area contributed by atoms with Crippen LogP contribution in [0.3, 0.4) is 0 Å². The summed E-state index contributed by atoms with van der Waals surface area (Å²) in [6.45, 7) is 2.81. The summed E-state index contributed by atoms with van der Waals surface area (Å²) in [6, 6.07) is 12.1. The highest BCUT2D eigenvalue weighted by molar-refractivity contribution is 7.99. The third-order valence-electron chi connectivity index (χ3n) is 4.97. The van der Waals surface area contributed by atoms with Crippen molar-refractivity contribution in [2.45, 2.75) is 23.2 Å². The van der Waals surface area contributed by atoms with Gasteiger partial charge in [0.2, 0.25) is 6.10 Å². The van der Waals surface area contributed by atoms with Crippen LogP contribution >= 0.6 is 11.8 Å². The number of phenolic OH excluding ortho intramolecular Hbond substituents is 1. The Hall–Kier alpha value is -2.91. The van der Waals surface area contributed by atoms with E-state index in [1.54, 1.807) is 49.3 Å². The molecule has 2 aromatic carbocycles.